The summed E-state index contributed by atoms with van der Waals surface area (Å²) in [7, 11) is 0. The minimum absolute atomic E-state index is 0. The second-order valence-corrected chi connectivity index (χ2v) is 0.115. The Hall–Kier alpha value is 3.87. The summed E-state index contributed by atoms with van der Waals surface area (Å²) in [6.45, 7) is 0. The zero-order valence-corrected chi connectivity index (χ0v) is 15.1. The molecule has 4 radical (unpaired) electrons. The Kier molecular flexibility index (Phi) is 87.0. The molecular weight excluding hydrogens is 520 g/mol. The van der Waals surface area contributed by atoms with E-state index in [1.54, 1.807) is 0 Å². The van der Waals surface area contributed by atoms with Gasteiger partial charge in [0.25, 0.3) is 0 Å². The smallest absolute Gasteiger partial charge is 0.639 e. The van der Waals surface area contributed by atoms with Crippen LogP contribution in [-0.2, 0) is 0 Å². The average Bonchev–Trinajstić information content (AvgIpc) is 0.918. The van der Waals surface area contributed by atoms with Gasteiger partial charge in [0.05, 0.1) is 0 Å². The van der Waals surface area contributed by atoms with Crippen LogP contribution in [0.2, 0.25) is 0 Å². The third kappa shape index (κ3) is 24.8. The van der Waals surface area contributed by atoms with Crippen molar-refractivity contribution in [3.63, 3.8) is 0 Å². The van der Waals surface area contributed by atoms with Crippen molar-refractivity contribution in [3.05, 3.63) is 0 Å². The molecule has 6 heteroatoms. The molecule has 0 atom stereocenters. The zero-order valence-electron chi connectivity index (χ0n) is 3.63. The van der Waals surface area contributed by atoms with Crippen molar-refractivity contribution in [1.29, 1.82) is 0 Å². The summed E-state index contributed by atoms with van der Waals surface area (Å²) in [5, 5.41) is 14.0. The topological polar surface area (TPSA) is 40.5 Å². The molecule has 0 amide bonds. The van der Waals surface area contributed by atoms with Crippen LogP contribution in [0.5, 0.6) is 0 Å². The second kappa shape index (κ2) is 23.2. The Morgan fingerprint density at radius 2 is 1.00 bits per heavy atom. The van der Waals surface area contributed by atoms with Gasteiger partial charge in [0.2, 0.25) is 0 Å². The van der Waals surface area contributed by atoms with E-state index in [9.17, 15) is 0 Å². The van der Waals surface area contributed by atoms with Gasteiger partial charge in [-0.1, -0.05) is 0 Å². The molecule has 0 fully saturated rings. The van der Waals surface area contributed by atoms with Gasteiger partial charge in [-0.15, -0.1) is 0 Å². The number of hydrogen-bond donors (Lipinski definition) is 2. The van der Waals surface area contributed by atoms with Crippen LogP contribution < -0.4 is 29.6 Å². The SMILES string of the molecule is O[B-]O.[Ac].[Ac].[Na+]. The fourth-order valence-electron chi connectivity index (χ4n) is 0. The van der Waals surface area contributed by atoms with Crippen LogP contribution in [0.1, 0.15) is 0 Å². The van der Waals surface area contributed by atoms with Gasteiger partial charge >= 0.3 is 29.6 Å². The van der Waals surface area contributed by atoms with Crippen LogP contribution in [0.25, 0.3) is 0 Å². The van der Waals surface area contributed by atoms with E-state index >= 15 is 0 Å². The predicted octanol–water partition coefficient (Wildman–Crippen LogP) is -4.49. The normalized spacial score (nSPS) is 3.00. The Bertz CT molecular complexity index is 11.5. The molecule has 0 aliphatic heterocycles. The fourth-order valence-corrected chi connectivity index (χ4v) is 0. The Morgan fingerprint density at radius 3 is 1.00 bits per heavy atom. The van der Waals surface area contributed by atoms with Gasteiger partial charge in [-0.25, -0.2) is 0 Å². The van der Waals surface area contributed by atoms with Crippen molar-refractivity contribution in [2.75, 3.05) is 0 Å². The molecule has 0 bridgehead atoms. The molecule has 6 heavy (non-hydrogen) atoms. The van der Waals surface area contributed by atoms with Gasteiger partial charge in [-0.2, -0.15) is 0 Å². The van der Waals surface area contributed by atoms with E-state index in [4.69, 9.17) is 10.0 Å². The van der Waals surface area contributed by atoms with E-state index in [1.807, 2.05) is 0 Å². The molecule has 0 aliphatic carbocycles. The summed E-state index contributed by atoms with van der Waals surface area (Å²) in [4.78, 5) is 0. The van der Waals surface area contributed by atoms with Crippen molar-refractivity contribution in [2.24, 2.45) is 0 Å². The summed E-state index contributed by atoms with van der Waals surface area (Å²) in [6, 6.07) is 0. The summed E-state index contributed by atoms with van der Waals surface area (Å²) < 4.78 is 0. The summed E-state index contributed by atoms with van der Waals surface area (Å²) >= 11 is 0. The maximum Gasteiger partial charge on any atom is 1.00 e. The molecule has 0 rings (SSSR count). The summed E-state index contributed by atoms with van der Waals surface area (Å²) in [6.07, 6.45) is 0. The van der Waals surface area contributed by atoms with Crippen LogP contribution >= 0.6 is 0 Å². The van der Waals surface area contributed by atoms with Gasteiger partial charge in [0.1, 0.15) is 0 Å². The first-order valence-electron chi connectivity index (χ1n) is 0.516. The first kappa shape index (κ1) is 22.5. The fraction of sp³-hybridized carbons (Fsp3) is 0. The van der Waals surface area contributed by atoms with Crippen molar-refractivity contribution < 1.29 is 128 Å². The Morgan fingerprint density at radius 1 is 1.00 bits per heavy atom. The van der Waals surface area contributed by atoms with E-state index < -0.39 is 0 Å². The number of hydrogen-bond acceptors (Lipinski definition) is 2. The molecular formula is H2Ac2BNaO2. The molecule has 0 aliphatic rings. The van der Waals surface area contributed by atoms with Crippen molar-refractivity contribution >= 4 is 7.69 Å². The molecule has 2 nitrogen and oxygen atoms in total. The maximum atomic E-state index is 7.00. The average molecular weight is 522 g/mol. The molecule has 0 saturated carbocycles. The predicted molar refractivity (Wildman–Crippen MR) is 10.2 cm³/mol. The monoisotopic (exact) mass is 522 g/mol. The van der Waals surface area contributed by atoms with E-state index in [0.717, 1.165) is 0 Å². The van der Waals surface area contributed by atoms with Crippen LogP contribution in [0, 0.1) is 88.1 Å². The largest absolute Gasteiger partial charge is 1.00 e. The second-order valence-electron chi connectivity index (χ2n) is 0.115. The van der Waals surface area contributed by atoms with Crippen LogP contribution in [0.4, 0.5) is 0 Å². The minimum atomic E-state index is 0. The molecule has 0 saturated heterocycles. The van der Waals surface area contributed by atoms with E-state index in [2.05, 4.69) is 0 Å². The molecule has 0 aromatic rings. The first-order valence-corrected chi connectivity index (χ1v) is 0.516. The Labute approximate surface area is 132 Å². The van der Waals surface area contributed by atoms with Crippen molar-refractivity contribution in [3.8, 4) is 0 Å². The molecule has 2 N–H and O–H groups in total. The third-order valence-electron chi connectivity index (χ3n) is 0. The van der Waals surface area contributed by atoms with Crippen molar-refractivity contribution in [2.45, 2.75) is 0 Å². The molecule has 24 valence electrons. The molecule has 0 unspecified atom stereocenters. The van der Waals surface area contributed by atoms with Gasteiger partial charge in [0.15, 0.2) is 0 Å². The molecule has 0 aromatic heterocycles. The van der Waals surface area contributed by atoms with Gasteiger partial charge in [0, 0.05) is 88.1 Å². The molecule has 0 heterocycles. The zero-order chi connectivity index (χ0) is 2.71. The third-order valence-corrected chi connectivity index (χ3v) is 0. The standard InChI is InChI=1S/2Ac.BH2O2.Na/c;;2-1-3;/h;;2-3H;/q;;-1;+1. The molecule has 0 aromatic carbocycles. The van der Waals surface area contributed by atoms with Crippen LogP contribution in [-0.4, -0.2) is 17.7 Å². The molecule has 0 spiro atoms. The van der Waals surface area contributed by atoms with Crippen LogP contribution in [0.15, 0.2) is 0 Å². The van der Waals surface area contributed by atoms with Gasteiger partial charge < -0.3 is 10.0 Å². The minimum Gasteiger partial charge on any atom is -0.639 e. The first-order chi connectivity index (χ1) is 1.41. The number of rotatable bonds is 0. The Balaban J connectivity index is -0.00000000667. The van der Waals surface area contributed by atoms with Gasteiger partial charge in [-0.3, -0.25) is 0 Å². The summed E-state index contributed by atoms with van der Waals surface area (Å²) in [5.41, 5.74) is 0. The van der Waals surface area contributed by atoms with Crippen molar-refractivity contribution in [1.82, 2.24) is 0 Å². The maximum absolute atomic E-state index is 7.00. The van der Waals surface area contributed by atoms with Gasteiger partial charge in [-0.05, 0) is 7.69 Å². The summed E-state index contributed by atoms with van der Waals surface area (Å²) in [5.74, 6) is 0. The van der Waals surface area contributed by atoms with E-state index in [-0.39, 0.29) is 125 Å². The van der Waals surface area contributed by atoms with Crippen LogP contribution in [0.3, 0.4) is 0 Å². The quantitative estimate of drug-likeness (QED) is 0.316. The van der Waals surface area contributed by atoms with E-state index in [1.165, 1.54) is 0 Å². The van der Waals surface area contributed by atoms with E-state index in [0.29, 0.717) is 0 Å².